The van der Waals surface area contributed by atoms with Gasteiger partial charge in [-0.05, 0) is 131 Å². The molecule has 0 bridgehead atoms. The van der Waals surface area contributed by atoms with E-state index in [2.05, 4.69) is 67.7 Å². The molecule has 0 spiro atoms. The Kier molecular flexibility index (Phi) is 47.4. The smallest absolute Gasteiger partial charge is 0.490 e. The maximum Gasteiger partial charge on any atom is 0.490 e. The Bertz CT molecular complexity index is 5340. The van der Waals surface area contributed by atoms with Gasteiger partial charge in [-0.25, -0.2) is 42.2 Å². The summed E-state index contributed by atoms with van der Waals surface area (Å²) in [4.78, 5) is 204. The molecule has 7 rings (SSSR count). The van der Waals surface area contributed by atoms with Crippen LogP contribution in [0.15, 0.2) is 129 Å². The number of aryl methyl sites for hydroxylation is 1. The number of carboxylic acid groups (broad SMARTS) is 5. The normalized spacial score (nSPS) is 14.4. The van der Waals surface area contributed by atoms with Crippen molar-refractivity contribution in [3.8, 4) is 5.75 Å². The second-order valence-corrected chi connectivity index (χ2v) is 33.0. The molecule has 52 heteroatoms. The number of benzene rings is 3. The number of carbonyl (C=O) groups is 14. The number of likely N-dealkylation sites (tertiary alicyclic amines) is 1. The number of phenolic OH excluding ortho intramolecular Hbond substituents is 1. The summed E-state index contributed by atoms with van der Waals surface area (Å²) in [5, 5.41) is 75.9. The number of carboxylic acids is 5. The number of aromatic hydroxyl groups is 1. The number of hydrogen-bond donors (Lipinski definition) is 18. The van der Waals surface area contributed by atoms with Crippen molar-refractivity contribution in [2.24, 2.45) is 28.3 Å². The summed E-state index contributed by atoms with van der Waals surface area (Å²) in [7, 11) is -4.79. The number of imidazole rings is 1. The van der Waals surface area contributed by atoms with E-state index in [0.717, 1.165) is 18.8 Å². The van der Waals surface area contributed by atoms with Gasteiger partial charge in [0.2, 0.25) is 53.0 Å². The van der Waals surface area contributed by atoms with Gasteiger partial charge < -0.3 is 114 Å². The molecule has 0 aliphatic carbocycles. The highest BCUT2D eigenvalue weighted by Crippen LogP contribution is 2.26. The minimum atomic E-state index is -5.08. The highest BCUT2D eigenvalue weighted by molar-refractivity contribution is 7.85. The van der Waals surface area contributed by atoms with Crippen molar-refractivity contribution in [2.75, 3.05) is 44.2 Å². The molecule has 139 heavy (non-hydrogen) atoms. The Hall–Kier alpha value is -14.3. The van der Waals surface area contributed by atoms with Crippen molar-refractivity contribution in [1.82, 2.24) is 62.7 Å². The van der Waals surface area contributed by atoms with Gasteiger partial charge in [-0.2, -0.15) is 49.1 Å². The maximum atomic E-state index is 14.8. The average molecular weight is 2000 g/mol. The Morgan fingerprint density at radius 2 is 1.21 bits per heavy atom. The quantitative estimate of drug-likeness (QED) is 0.00479. The lowest BCUT2D eigenvalue weighted by atomic mass is 9.96. The second kappa shape index (κ2) is 56.4. The van der Waals surface area contributed by atoms with Crippen molar-refractivity contribution in [3.05, 3.63) is 148 Å². The highest BCUT2D eigenvalue weighted by Gasteiger charge is 2.43. The number of nitrogens with one attached hydrogen (secondary N) is 10. The number of pyridine rings is 1. The molecule has 42 nitrogen and oxygen atoms in total. The van der Waals surface area contributed by atoms with Gasteiger partial charge in [0, 0.05) is 113 Å². The Morgan fingerprint density at radius 1 is 0.647 bits per heavy atom. The number of halogens is 9. The zero-order valence-electron chi connectivity index (χ0n) is 76.0. The van der Waals surface area contributed by atoms with Crippen LogP contribution < -0.4 is 74.4 Å². The van der Waals surface area contributed by atoms with Crippen LogP contribution in [0.3, 0.4) is 0 Å². The average Bonchev–Trinajstić information content (AvgIpc) is 1.75. The van der Waals surface area contributed by atoms with E-state index in [1.165, 1.54) is 60.0 Å². The third-order valence-electron chi connectivity index (χ3n) is 20.8. The van der Waals surface area contributed by atoms with Gasteiger partial charge in [0.25, 0.3) is 0 Å². The van der Waals surface area contributed by atoms with Gasteiger partial charge in [0.05, 0.1) is 24.4 Å². The summed E-state index contributed by atoms with van der Waals surface area (Å²) in [5.74, 6) is -18.9. The number of fused-ring (bicyclic) bond motifs is 1. The molecule has 0 saturated carbocycles. The number of amides is 10. The predicted octanol–water partition coefficient (Wildman–Crippen LogP) is 4.40. The largest absolute Gasteiger partial charge is 0.744 e. The van der Waals surface area contributed by atoms with Crippen molar-refractivity contribution < 1.29 is 159 Å². The van der Waals surface area contributed by atoms with Gasteiger partial charge >= 0.3 is 60.0 Å². The third-order valence-corrected chi connectivity index (χ3v) is 21.6. The standard InChI is InChI=1S/C81H109N17O19S.3C2HF3O2/c1-7-50(6)70(76(108)91-63(43-55-46-84-48-88-55)77(109)98-39-19-23-65(98)74(106)92-64(78(110)111)41-51-20-12-10-13-21-51)94-73(105)62(40-52-25-32-58(99)33-26-52)90-75(107)69(49(4)5)93-72(104)61(89-71(103)60(82)45-68(101)102)22-18-37-86-80(83)95-81(113)87-36-16-15-35-85-67(100)24-14-11-17-38-97-47-59(118(114,115)116)34-31-56(97)29-28-54-42-53-27-30-57(96(8-2)9-3)44-66(53)117-79(54)112;3*3-2(4,5)1(6)7/h10,12-13,20-21,25-34,42,44,46-50,60-65,69-70H,7-9,11,14-19,22-24,35-41,43,45,82H2,1-6H3,(H15-,83,84,85,86,87,88,89,90,91,92,93,94,95,99,100,101,102,103,104,105,106,107,108,110,111,113,114,115,116);3*(H,6,7)/t50-,60-,61-,62-,63-,64-,65-,69-,70-;;;/m0.../s1. The fraction of sp³-hybridized carbons (Fsp3) is 0.471. The van der Waals surface area contributed by atoms with E-state index in [0.29, 0.717) is 91.5 Å². The molecular weight excluding hydrogens is 1890 g/mol. The van der Waals surface area contributed by atoms with Gasteiger partial charge in [-0.1, -0.05) is 76.6 Å². The van der Waals surface area contributed by atoms with E-state index in [9.17, 15) is 125 Å². The van der Waals surface area contributed by atoms with Crippen molar-refractivity contribution in [2.45, 2.75) is 216 Å². The summed E-state index contributed by atoms with van der Waals surface area (Å²) in [6.07, 6.45) is -5.82. The number of nitrogens with two attached hydrogens (primary N) is 2. The number of anilines is 1. The number of rotatable bonds is 46. The highest BCUT2D eigenvalue weighted by atomic mass is 32.2. The van der Waals surface area contributed by atoms with E-state index in [4.69, 9.17) is 45.6 Å². The van der Waals surface area contributed by atoms with Gasteiger partial charge in [0.1, 0.15) is 75.2 Å². The number of carbonyl (C=O) groups excluding carboxylic acids is 9. The lowest BCUT2D eigenvalue weighted by molar-refractivity contribution is -0.700. The lowest BCUT2D eigenvalue weighted by Crippen LogP contribution is -2.62. The number of aromatic nitrogens is 3. The van der Waals surface area contributed by atoms with Crippen LogP contribution >= 0.6 is 0 Å². The van der Waals surface area contributed by atoms with Crippen LogP contribution in [0.2, 0.25) is 0 Å². The van der Waals surface area contributed by atoms with E-state index in [1.807, 2.05) is 32.0 Å². The zero-order valence-corrected chi connectivity index (χ0v) is 76.8. The molecule has 1 saturated heterocycles. The van der Waals surface area contributed by atoms with Crippen LogP contribution in [-0.2, 0) is 98.3 Å². The molecule has 0 radical (unpaired) electrons. The Morgan fingerprint density at radius 3 is 1.77 bits per heavy atom. The van der Waals surface area contributed by atoms with Crippen LogP contribution in [0.4, 0.5) is 50.0 Å². The van der Waals surface area contributed by atoms with Gasteiger partial charge in [0.15, 0.2) is 12.2 Å². The fourth-order valence-electron chi connectivity index (χ4n) is 13.2. The van der Waals surface area contributed by atoms with Crippen LogP contribution in [0.5, 0.6) is 5.75 Å². The first-order valence-electron chi connectivity index (χ1n) is 43.2. The molecule has 1 aliphatic heterocycles. The SMILES string of the molecule is CC[C@H](C)[C@H](NC(=O)[C@H](Cc1ccc(O)cc1)NC(=O)[C@@H](NC(=O)[C@H](CCCNC(N)=NC(=O)NCCCCNC(=O)CCCCC[n+]1cc(S(=O)(=O)[O-])ccc1/C=C/c1cc2ccc(N(CC)CC)cc2oc1=O)NC(=O)[C@@H](N)CC(=O)O)C(C)C)C(=O)N[C@@H](Cc1cnc[nH]1)C(=O)N1CCC[C@H]1C(=O)N[C@@H](Cc1ccccc1)C(=O)O.O=C(O)C(F)(F)F.O=C(O)C(F)(F)F.O=C(O)C(F)(F)F. The molecule has 764 valence electrons. The molecule has 1 fully saturated rings. The summed E-state index contributed by atoms with van der Waals surface area (Å²) in [6, 6.07) is 12.4. The number of aliphatic imine (C=N–C) groups is 1. The number of guanidine groups is 1. The first-order chi connectivity index (χ1) is 65.1. The van der Waals surface area contributed by atoms with E-state index in [1.54, 1.807) is 80.8 Å². The third kappa shape index (κ3) is 41.6. The molecule has 6 aromatic rings. The monoisotopic (exact) mass is 2000 g/mol. The maximum absolute atomic E-state index is 14.8. The van der Waals surface area contributed by atoms with Crippen LogP contribution in [0, 0.1) is 11.8 Å². The van der Waals surface area contributed by atoms with Crippen molar-refractivity contribution in [1.29, 1.82) is 0 Å². The summed E-state index contributed by atoms with van der Waals surface area (Å²) in [6.45, 7) is 13.0. The lowest BCUT2D eigenvalue weighted by Gasteiger charge is -2.32. The molecular formula is C87H112F9N17O25S. The second-order valence-electron chi connectivity index (χ2n) is 31.6. The van der Waals surface area contributed by atoms with Crippen LogP contribution in [0.1, 0.15) is 147 Å². The number of nitrogens with zero attached hydrogens (tertiary/aromatic N) is 5. The topological polar surface area (TPSA) is 659 Å². The minimum Gasteiger partial charge on any atom is -0.744 e. The first kappa shape index (κ1) is 117. The van der Waals surface area contributed by atoms with E-state index < -0.39 is 183 Å². The molecule has 0 unspecified atom stereocenters. The summed E-state index contributed by atoms with van der Waals surface area (Å²) in [5.41, 5.74) is 15.0. The molecule has 3 aromatic heterocycles. The van der Waals surface area contributed by atoms with Crippen molar-refractivity contribution >= 4 is 128 Å². The predicted molar refractivity (Wildman–Crippen MR) is 476 cm³/mol. The number of unbranched alkanes of at least 4 members (excludes halogenated alkanes) is 3. The molecule has 3 aromatic carbocycles. The Balaban J connectivity index is 0.00000172. The summed E-state index contributed by atoms with van der Waals surface area (Å²) >= 11 is 0. The number of aliphatic carboxylic acids is 5. The molecule has 20 N–H and O–H groups in total. The molecule has 9 atom stereocenters. The number of urea groups is 1. The zero-order chi connectivity index (χ0) is 104. The minimum absolute atomic E-state index is 0.0294. The molecule has 4 heterocycles. The van der Waals surface area contributed by atoms with E-state index in [-0.39, 0.29) is 87.8 Å². The number of phenols is 1. The molecule has 1 aliphatic rings. The summed E-state index contributed by atoms with van der Waals surface area (Å²) < 4.78 is 138. The van der Waals surface area contributed by atoms with E-state index >= 15 is 0 Å². The number of H-pyrrole nitrogens is 1. The number of alkyl halides is 9. The van der Waals surface area contributed by atoms with Gasteiger partial charge in [-0.15, -0.1) is 0 Å². The number of aromatic amines is 1. The van der Waals surface area contributed by atoms with Gasteiger partial charge in [-0.3, -0.25) is 43.2 Å². The fourth-order valence-corrected chi connectivity index (χ4v) is 13.7. The number of hydrogen-bond acceptors (Lipinski definition) is 23. The Labute approximate surface area is 789 Å². The van der Waals surface area contributed by atoms with Crippen LogP contribution in [0.25, 0.3) is 23.1 Å². The first-order valence-corrected chi connectivity index (χ1v) is 44.6. The molecule has 10 amide bonds. The van der Waals surface area contributed by atoms with Crippen molar-refractivity contribution in [3.63, 3.8) is 0 Å². The van der Waals surface area contributed by atoms with Crippen LogP contribution in [-0.4, -0.2) is 254 Å².